The lowest BCUT2D eigenvalue weighted by Crippen LogP contribution is -2.33. The van der Waals surface area contributed by atoms with E-state index in [1.807, 2.05) is 6.07 Å². The summed E-state index contributed by atoms with van der Waals surface area (Å²) < 4.78 is 4.76. The standard InChI is InChI=1S/C23H25NO3/c1-22(2)9-10-23(3,4)18-11-14(6-8-17(18)22)19-12-15-5-7-16(27-21(25)26)13-20(15)24-19/h5-8,11-13,24H,9-10H2,1-4H3,(H,25,26). The Morgan fingerprint density at radius 1 is 0.963 bits per heavy atom. The topological polar surface area (TPSA) is 62.3 Å². The molecule has 0 fully saturated rings. The zero-order valence-corrected chi connectivity index (χ0v) is 16.2. The van der Waals surface area contributed by atoms with Gasteiger partial charge in [-0.15, -0.1) is 0 Å². The van der Waals surface area contributed by atoms with Crippen LogP contribution in [0, 0.1) is 0 Å². The number of aromatic amines is 1. The van der Waals surface area contributed by atoms with Crippen LogP contribution in [0.25, 0.3) is 22.2 Å². The number of fused-ring (bicyclic) bond motifs is 2. The Morgan fingerprint density at radius 3 is 2.37 bits per heavy atom. The first-order chi connectivity index (χ1) is 12.7. The quantitative estimate of drug-likeness (QED) is 0.418. The SMILES string of the molecule is CC1(C)CCC(C)(C)c2cc(-c3cc4ccc(OC(=O)O)cc4[nH]3)ccc21. The summed E-state index contributed by atoms with van der Waals surface area (Å²) in [6, 6.07) is 14.1. The van der Waals surface area contributed by atoms with Gasteiger partial charge in [-0.2, -0.15) is 0 Å². The fourth-order valence-corrected chi connectivity index (χ4v) is 4.18. The molecule has 1 heterocycles. The number of hydrogen-bond donors (Lipinski definition) is 2. The molecule has 2 N–H and O–H groups in total. The van der Waals surface area contributed by atoms with E-state index in [9.17, 15) is 4.79 Å². The number of H-pyrrole nitrogens is 1. The van der Waals surface area contributed by atoms with E-state index in [0.717, 1.165) is 22.2 Å². The minimum absolute atomic E-state index is 0.162. The minimum atomic E-state index is -1.30. The maximum Gasteiger partial charge on any atom is 0.511 e. The molecule has 1 aromatic heterocycles. The van der Waals surface area contributed by atoms with Gasteiger partial charge in [0.05, 0.1) is 0 Å². The summed E-state index contributed by atoms with van der Waals surface area (Å²) in [7, 11) is 0. The number of carboxylic acid groups (broad SMARTS) is 1. The van der Waals surface area contributed by atoms with E-state index in [2.05, 4.69) is 56.9 Å². The Labute approximate surface area is 159 Å². The monoisotopic (exact) mass is 363 g/mol. The first kappa shape index (κ1) is 17.7. The molecule has 1 aliphatic carbocycles. The molecule has 0 saturated carbocycles. The first-order valence-corrected chi connectivity index (χ1v) is 9.35. The van der Waals surface area contributed by atoms with E-state index in [-0.39, 0.29) is 10.8 Å². The van der Waals surface area contributed by atoms with Crippen molar-refractivity contribution >= 4 is 17.1 Å². The van der Waals surface area contributed by atoms with Gasteiger partial charge in [-0.25, -0.2) is 4.79 Å². The van der Waals surface area contributed by atoms with Crippen LogP contribution in [-0.2, 0) is 10.8 Å². The lowest BCUT2D eigenvalue weighted by molar-refractivity contribution is 0.144. The van der Waals surface area contributed by atoms with Crippen LogP contribution in [0.4, 0.5) is 4.79 Å². The third-order valence-corrected chi connectivity index (χ3v) is 5.96. The molecule has 4 heteroatoms. The predicted octanol–water partition coefficient (Wildman–Crippen LogP) is 6.24. The number of carbonyl (C=O) groups is 1. The fraction of sp³-hybridized carbons (Fsp3) is 0.348. The second kappa shape index (κ2) is 5.88. The smallest absolute Gasteiger partial charge is 0.449 e. The molecule has 2 aromatic carbocycles. The summed E-state index contributed by atoms with van der Waals surface area (Å²) in [6.07, 6.45) is 1.07. The van der Waals surface area contributed by atoms with Gasteiger partial charge >= 0.3 is 6.16 Å². The zero-order chi connectivity index (χ0) is 19.4. The van der Waals surface area contributed by atoms with Crippen molar-refractivity contribution in [1.82, 2.24) is 4.98 Å². The normalized spacial score (nSPS) is 17.5. The molecule has 27 heavy (non-hydrogen) atoms. The van der Waals surface area contributed by atoms with Crippen LogP contribution in [0.15, 0.2) is 42.5 Å². The van der Waals surface area contributed by atoms with Crippen LogP contribution in [0.1, 0.15) is 51.7 Å². The molecular formula is C23H25NO3. The van der Waals surface area contributed by atoms with Crippen LogP contribution >= 0.6 is 0 Å². The molecule has 0 radical (unpaired) electrons. The lowest BCUT2D eigenvalue weighted by Gasteiger charge is -2.42. The van der Waals surface area contributed by atoms with Gasteiger partial charge in [-0.1, -0.05) is 39.8 Å². The predicted molar refractivity (Wildman–Crippen MR) is 108 cm³/mol. The molecule has 0 unspecified atom stereocenters. The molecule has 3 aromatic rings. The van der Waals surface area contributed by atoms with E-state index < -0.39 is 6.16 Å². The molecule has 0 spiro atoms. The Bertz CT molecular complexity index is 1040. The average Bonchev–Trinajstić information content (AvgIpc) is 3.01. The molecule has 0 aliphatic heterocycles. The van der Waals surface area contributed by atoms with E-state index in [1.165, 1.54) is 24.0 Å². The van der Waals surface area contributed by atoms with Crippen LogP contribution in [-0.4, -0.2) is 16.2 Å². The van der Waals surface area contributed by atoms with Crippen molar-refractivity contribution in [3.63, 3.8) is 0 Å². The lowest BCUT2D eigenvalue weighted by atomic mass is 9.63. The molecule has 140 valence electrons. The van der Waals surface area contributed by atoms with Crippen LogP contribution in [0.2, 0.25) is 0 Å². The number of aromatic nitrogens is 1. The summed E-state index contributed by atoms with van der Waals surface area (Å²) in [6.45, 7) is 9.30. The first-order valence-electron chi connectivity index (χ1n) is 9.35. The van der Waals surface area contributed by atoms with Crippen molar-refractivity contribution in [2.45, 2.75) is 51.4 Å². The second-order valence-electron chi connectivity index (χ2n) is 8.83. The highest BCUT2D eigenvalue weighted by molar-refractivity contribution is 5.87. The molecule has 4 nitrogen and oxygen atoms in total. The van der Waals surface area contributed by atoms with E-state index >= 15 is 0 Å². The summed E-state index contributed by atoms with van der Waals surface area (Å²) in [5.41, 5.74) is 6.26. The zero-order valence-electron chi connectivity index (χ0n) is 16.2. The highest BCUT2D eigenvalue weighted by Gasteiger charge is 2.37. The summed E-state index contributed by atoms with van der Waals surface area (Å²) in [5.74, 6) is 0.316. The average molecular weight is 363 g/mol. The van der Waals surface area contributed by atoms with Crippen molar-refractivity contribution in [3.05, 3.63) is 53.6 Å². The third kappa shape index (κ3) is 3.09. The summed E-state index contributed by atoms with van der Waals surface area (Å²) in [4.78, 5) is 14.2. The fourth-order valence-electron chi connectivity index (χ4n) is 4.18. The maximum absolute atomic E-state index is 10.7. The van der Waals surface area contributed by atoms with Gasteiger partial charge < -0.3 is 14.8 Å². The maximum atomic E-state index is 10.7. The molecule has 0 bridgehead atoms. The molecule has 4 rings (SSSR count). The number of rotatable bonds is 2. The van der Waals surface area contributed by atoms with Gasteiger partial charge in [-0.3, -0.25) is 0 Å². The molecule has 1 aliphatic rings. The number of hydrogen-bond acceptors (Lipinski definition) is 2. The van der Waals surface area contributed by atoms with E-state index in [0.29, 0.717) is 5.75 Å². The van der Waals surface area contributed by atoms with Crippen molar-refractivity contribution in [2.24, 2.45) is 0 Å². The van der Waals surface area contributed by atoms with E-state index in [1.54, 1.807) is 12.1 Å². The van der Waals surface area contributed by atoms with Crippen LogP contribution in [0.5, 0.6) is 5.75 Å². The van der Waals surface area contributed by atoms with E-state index in [4.69, 9.17) is 9.84 Å². The van der Waals surface area contributed by atoms with Crippen LogP contribution < -0.4 is 4.74 Å². The van der Waals surface area contributed by atoms with Crippen molar-refractivity contribution in [2.75, 3.05) is 0 Å². The van der Waals surface area contributed by atoms with Gasteiger partial charge in [-0.05, 0) is 64.6 Å². The minimum Gasteiger partial charge on any atom is -0.449 e. The number of ether oxygens (including phenoxy) is 1. The Kier molecular flexibility index (Phi) is 3.84. The highest BCUT2D eigenvalue weighted by atomic mass is 16.7. The van der Waals surface area contributed by atoms with Gasteiger partial charge in [0.15, 0.2) is 0 Å². The highest BCUT2D eigenvalue weighted by Crippen LogP contribution is 2.46. The van der Waals surface area contributed by atoms with Crippen LogP contribution in [0.3, 0.4) is 0 Å². The van der Waals surface area contributed by atoms with Gasteiger partial charge in [0, 0.05) is 22.7 Å². The largest absolute Gasteiger partial charge is 0.511 e. The number of nitrogens with one attached hydrogen (secondary N) is 1. The Morgan fingerprint density at radius 2 is 1.67 bits per heavy atom. The van der Waals surface area contributed by atoms with Crippen molar-refractivity contribution < 1.29 is 14.6 Å². The molecule has 0 saturated heterocycles. The van der Waals surface area contributed by atoms with Crippen molar-refractivity contribution in [3.8, 4) is 17.0 Å². The van der Waals surface area contributed by atoms with Crippen molar-refractivity contribution in [1.29, 1.82) is 0 Å². The molecule has 0 amide bonds. The Hall–Kier alpha value is -2.75. The molecular weight excluding hydrogens is 338 g/mol. The van der Waals surface area contributed by atoms with Gasteiger partial charge in [0.2, 0.25) is 0 Å². The number of benzene rings is 2. The van der Waals surface area contributed by atoms with Gasteiger partial charge in [0.1, 0.15) is 5.75 Å². The summed E-state index contributed by atoms with van der Waals surface area (Å²) >= 11 is 0. The molecule has 0 atom stereocenters. The van der Waals surface area contributed by atoms with Gasteiger partial charge in [0.25, 0.3) is 0 Å². The second-order valence-corrected chi connectivity index (χ2v) is 8.83. The third-order valence-electron chi connectivity index (χ3n) is 5.96. The summed E-state index contributed by atoms with van der Waals surface area (Å²) in [5, 5.41) is 9.82. The Balaban J connectivity index is 1.79.